The molecule has 112 valence electrons. The predicted molar refractivity (Wildman–Crippen MR) is 85.4 cm³/mol. The molecule has 3 nitrogen and oxygen atoms in total. The summed E-state index contributed by atoms with van der Waals surface area (Å²) in [5.41, 5.74) is 1.46. The number of nitrogens with zero attached hydrogens (tertiary/aromatic N) is 1. The summed E-state index contributed by atoms with van der Waals surface area (Å²) in [4.78, 5) is 15.6. The topological polar surface area (TPSA) is 32.3 Å². The molecule has 3 aliphatic rings. The van der Waals surface area contributed by atoms with E-state index in [2.05, 4.69) is 34.5 Å². The summed E-state index contributed by atoms with van der Waals surface area (Å²) < 4.78 is 0. The van der Waals surface area contributed by atoms with Gasteiger partial charge in [0.1, 0.15) is 0 Å². The van der Waals surface area contributed by atoms with Crippen LogP contribution >= 0.6 is 11.8 Å². The molecule has 1 unspecified atom stereocenters. The molecular weight excluding hydrogens is 280 g/mol. The van der Waals surface area contributed by atoms with Crippen molar-refractivity contribution in [3.05, 3.63) is 29.8 Å². The zero-order chi connectivity index (χ0) is 14.2. The first-order valence-electron chi connectivity index (χ1n) is 8.08. The number of piperidine rings is 1. The molecule has 0 aromatic heterocycles. The molecule has 4 rings (SSSR count). The quantitative estimate of drug-likeness (QED) is 0.932. The van der Waals surface area contributed by atoms with Gasteiger partial charge in [-0.3, -0.25) is 4.79 Å². The molecule has 1 aliphatic carbocycles. The fourth-order valence-electron chi connectivity index (χ4n) is 3.44. The van der Waals surface area contributed by atoms with Crippen molar-refractivity contribution in [3.63, 3.8) is 0 Å². The lowest BCUT2D eigenvalue weighted by atomic mass is 10.0. The van der Waals surface area contributed by atoms with Crippen LogP contribution in [0, 0.1) is 5.92 Å². The first-order valence-corrected chi connectivity index (χ1v) is 9.06. The highest BCUT2D eigenvalue weighted by molar-refractivity contribution is 7.99. The molecule has 2 fully saturated rings. The van der Waals surface area contributed by atoms with E-state index >= 15 is 0 Å². The van der Waals surface area contributed by atoms with Crippen molar-refractivity contribution in [2.24, 2.45) is 5.92 Å². The molecule has 1 aromatic carbocycles. The van der Waals surface area contributed by atoms with Crippen LogP contribution in [0.5, 0.6) is 0 Å². The van der Waals surface area contributed by atoms with Crippen molar-refractivity contribution in [2.75, 3.05) is 18.8 Å². The maximum Gasteiger partial charge on any atom is 0.225 e. The van der Waals surface area contributed by atoms with Gasteiger partial charge in [0.25, 0.3) is 0 Å². The first-order chi connectivity index (χ1) is 10.3. The van der Waals surface area contributed by atoms with E-state index in [4.69, 9.17) is 0 Å². The Labute approximate surface area is 130 Å². The van der Waals surface area contributed by atoms with E-state index in [0.29, 0.717) is 23.9 Å². The highest BCUT2D eigenvalue weighted by Gasteiger charge is 2.35. The van der Waals surface area contributed by atoms with E-state index in [1.165, 1.54) is 10.5 Å². The minimum absolute atomic E-state index is 0.368. The van der Waals surface area contributed by atoms with Crippen LogP contribution in [0.15, 0.2) is 29.2 Å². The number of hydrogen-bond acceptors (Lipinski definition) is 3. The Morgan fingerprint density at radius 3 is 2.67 bits per heavy atom. The van der Waals surface area contributed by atoms with Gasteiger partial charge >= 0.3 is 0 Å². The Morgan fingerprint density at radius 2 is 1.90 bits per heavy atom. The average Bonchev–Trinajstić information content (AvgIpc) is 3.30. The third-order valence-electron chi connectivity index (χ3n) is 4.87. The molecule has 0 spiro atoms. The standard InChI is InChI=1S/C17H22N2OS/c20-17(12-5-6-12)19-9-7-13(8-10-19)18-15-11-21-16-4-2-1-3-14(15)16/h1-4,12-13,15,18H,5-11H2. The van der Waals surface area contributed by atoms with E-state index < -0.39 is 0 Å². The molecule has 1 amide bonds. The van der Waals surface area contributed by atoms with Crippen molar-refractivity contribution in [3.8, 4) is 0 Å². The van der Waals surface area contributed by atoms with Crippen LogP contribution in [0.4, 0.5) is 0 Å². The second kappa shape index (κ2) is 5.65. The smallest absolute Gasteiger partial charge is 0.225 e. The average molecular weight is 302 g/mol. The van der Waals surface area contributed by atoms with Gasteiger partial charge in [0, 0.05) is 41.7 Å². The highest BCUT2D eigenvalue weighted by atomic mass is 32.2. The maximum absolute atomic E-state index is 12.1. The van der Waals surface area contributed by atoms with Gasteiger partial charge in [0.15, 0.2) is 0 Å². The molecule has 1 saturated heterocycles. The molecule has 0 radical (unpaired) electrons. The summed E-state index contributed by atoms with van der Waals surface area (Å²) in [6.07, 6.45) is 4.43. The lowest BCUT2D eigenvalue weighted by molar-refractivity contribution is -0.133. The summed E-state index contributed by atoms with van der Waals surface area (Å²) >= 11 is 1.96. The third-order valence-corrected chi connectivity index (χ3v) is 6.05. The normalized spacial score (nSPS) is 25.9. The molecule has 1 aromatic rings. The Bertz CT molecular complexity index is 535. The number of nitrogens with one attached hydrogen (secondary N) is 1. The number of benzene rings is 1. The fourth-order valence-corrected chi connectivity index (χ4v) is 4.61. The number of carbonyl (C=O) groups is 1. The largest absolute Gasteiger partial charge is 0.342 e. The monoisotopic (exact) mass is 302 g/mol. The summed E-state index contributed by atoms with van der Waals surface area (Å²) in [7, 11) is 0. The van der Waals surface area contributed by atoms with Crippen LogP contribution in [0.3, 0.4) is 0 Å². The van der Waals surface area contributed by atoms with E-state index in [0.717, 1.165) is 44.5 Å². The van der Waals surface area contributed by atoms with Gasteiger partial charge in [-0.2, -0.15) is 0 Å². The zero-order valence-corrected chi connectivity index (χ0v) is 13.1. The van der Waals surface area contributed by atoms with Crippen molar-refractivity contribution in [1.29, 1.82) is 0 Å². The van der Waals surface area contributed by atoms with Crippen LogP contribution in [0.2, 0.25) is 0 Å². The van der Waals surface area contributed by atoms with E-state index in [1.807, 2.05) is 11.8 Å². The molecule has 2 aliphatic heterocycles. The third kappa shape index (κ3) is 2.84. The fraction of sp³-hybridized carbons (Fsp3) is 0.588. The number of hydrogen-bond donors (Lipinski definition) is 1. The van der Waals surface area contributed by atoms with Crippen LogP contribution in [0.1, 0.15) is 37.3 Å². The van der Waals surface area contributed by atoms with E-state index in [9.17, 15) is 4.79 Å². The van der Waals surface area contributed by atoms with Gasteiger partial charge in [-0.1, -0.05) is 18.2 Å². The van der Waals surface area contributed by atoms with Crippen molar-refractivity contribution in [1.82, 2.24) is 10.2 Å². The number of thioether (sulfide) groups is 1. The van der Waals surface area contributed by atoms with Crippen LogP contribution < -0.4 is 5.32 Å². The summed E-state index contributed by atoms with van der Waals surface area (Å²) in [5.74, 6) is 1.92. The van der Waals surface area contributed by atoms with E-state index in [-0.39, 0.29) is 0 Å². The van der Waals surface area contributed by atoms with Crippen LogP contribution in [0.25, 0.3) is 0 Å². The predicted octanol–water partition coefficient (Wildman–Crippen LogP) is 2.82. The van der Waals surface area contributed by atoms with Gasteiger partial charge in [-0.05, 0) is 37.3 Å². The number of amides is 1. The molecular formula is C17H22N2OS. The highest BCUT2D eigenvalue weighted by Crippen LogP contribution is 2.38. The molecule has 21 heavy (non-hydrogen) atoms. The lowest BCUT2D eigenvalue weighted by Gasteiger charge is -2.34. The number of fused-ring (bicyclic) bond motifs is 1. The second-order valence-electron chi connectivity index (χ2n) is 6.44. The second-order valence-corrected chi connectivity index (χ2v) is 7.50. The SMILES string of the molecule is O=C(C1CC1)N1CCC(NC2CSc3ccccc32)CC1. The summed E-state index contributed by atoms with van der Waals surface area (Å²) in [5, 5.41) is 3.82. The number of carbonyl (C=O) groups excluding carboxylic acids is 1. The van der Waals surface area contributed by atoms with Crippen molar-refractivity contribution >= 4 is 17.7 Å². The minimum Gasteiger partial charge on any atom is -0.342 e. The van der Waals surface area contributed by atoms with Gasteiger partial charge in [-0.25, -0.2) is 0 Å². The minimum atomic E-state index is 0.368. The zero-order valence-electron chi connectivity index (χ0n) is 12.3. The first kappa shape index (κ1) is 13.6. The molecule has 1 atom stereocenters. The van der Waals surface area contributed by atoms with Crippen molar-refractivity contribution < 1.29 is 4.79 Å². The molecule has 1 N–H and O–H groups in total. The summed E-state index contributed by atoms with van der Waals surface area (Å²) in [6, 6.07) is 9.77. The molecule has 0 bridgehead atoms. The van der Waals surface area contributed by atoms with Gasteiger partial charge < -0.3 is 10.2 Å². The lowest BCUT2D eigenvalue weighted by Crippen LogP contribution is -2.46. The van der Waals surface area contributed by atoms with Gasteiger partial charge in [0.2, 0.25) is 5.91 Å². The molecule has 2 heterocycles. The van der Waals surface area contributed by atoms with Crippen molar-refractivity contribution in [2.45, 2.75) is 42.7 Å². The Morgan fingerprint density at radius 1 is 1.14 bits per heavy atom. The number of rotatable bonds is 3. The molecule has 4 heteroatoms. The summed E-state index contributed by atoms with van der Waals surface area (Å²) in [6.45, 7) is 1.88. The Kier molecular flexibility index (Phi) is 3.67. The van der Waals surface area contributed by atoms with Gasteiger partial charge in [-0.15, -0.1) is 11.8 Å². The maximum atomic E-state index is 12.1. The van der Waals surface area contributed by atoms with Crippen LogP contribution in [-0.2, 0) is 4.79 Å². The van der Waals surface area contributed by atoms with Crippen LogP contribution in [-0.4, -0.2) is 35.7 Å². The Hall–Kier alpha value is -1.00. The Balaban J connectivity index is 1.32. The van der Waals surface area contributed by atoms with E-state index in [1.54, 1.807) is 0 Å². The van der Waals surface area contributed by atoms with Gasteiger partial charge in [0.05, 0.1) is 0 Å². The number of likely N-dealkylation sites (tertiary alicyclic amines) is 1. The molecule has 1 saturated carbocycles.